The van der Waals surface area contributed by atoms with Gasteiger partial charge in [-0.15, -0.1) is 4.33 Å². The Bertz CT molecular complexity index is 1070. The van der Waals surface area contributed by atoms with Crippen LogP contribution in [0.25, 0.3) is 0 Å². The molecule has 29 heteroatoms. The summed E-state index contributed by atoms with van der Waals surface area (Å²) in [7, 11) is 0. The van der Waals surface area contributed by atoms with Gasteiger partial charge in [-0.1, -0.05) is 5.04 Å². The summed E-state index contributed by atoms with van der Waals surface area (Å²) in [5, 5.41) is 8.43. The third-order valence-corrected chi connectivity index (χ3v) is 6.02. The van der Waals surface area contributed by atoms with Crippen molar-refractivity contribution in [1.82, 2.24) is 0 Å². The third-order valence-electron chi connectivity index (χ3n) is 5.29. The molecule has 7 nitrogen and oxygen atoms in total. The lowest BCUT2D eigenvalue weighted by molar-refractivity contribution is -0.432. The first-order valence-corrected chi connectivity index (χ1v) is 11.8. The molecule has 1 N–H and O–H groups in total. The molecule has 1 atom stereocenters. The van der Waals surface area contributed by atoms with Crippen LogP contribution >= 0.6 is 12.0 Å². The van der Waals surface area contributed by atoms with Crippen molar-refractivity contribution in [3.05, 3.63) is 0 Å². The van der Waals surface area contributed by atoms with Crippen LogP contribution in [-0.2, 0) is 28.4 Å². The monoisotopic (exact) mass is 772 g/mol. The first kappa shape index (κ1) is 44.7. The number of halogens is 21. The van der Waals surface area contributed by atoms with E-state index < -0.39 is 122 Å². The van der Waals surface area contributed by atoms with Crippen LogP contribution in [0.4, 0.5) is 92.2 Å². The van der Waals surface area contributed by atoms with Gasteiger partial charge in [0.05, 0.1) is 44.5 Å². The van der Waals surface area contributed by atoms with Crippen LogP contribution in [0.3, 0.4) is 0 Å². The normalized spacial score (nSPS) is 15.6. The van der Waals surface area contributed by atoms with E-state index in [9.17, 15) is 102 Å². The number of esters is 2. The van der Waals surface area contributed by atoms with Gasteiger partial charge in [-0.2, -0.15) is 83.4 Å². The summed E-state index contributed by atoms with van der Waals surface area (Å²) < 4.78 is 284. The summed E-state index contributed by atoms with van der Waals surface area (Å²) in [6.07, 6.45) is -20.5. The van der Waals surface area contributed by atoms with E-state index in [4.69, 9.17) is 5.26 Å². The minimum absolute atomic E-state index is 0.652. The Morgan fingerprint density at radius 1 is 0.596 bits per heavy atom. The van der Waals surface area contributed by atoms with Crippen molar-refractivity contribution >= 4 is 24.0 Å². The minimum Gasteiger partial charge on any atom is -0.465 e. The van der Waals surface area contributed by atoms with Gasteiger partial charge in [0.15, 0.2) is 0 Å². The van der Waals surface area contributed by atoms with Gasteiger partial charge in [-0.3, -0.25) is 9.59 Å². The summed E-state index contributed by atoms with van der Waals surface area (Å²) in [5.41, 5.74) is 0. The Labute approximate surface area is 248 Å². The molecule has 0 aliphatic carbocycles. The highest BCUT2D eigenvalue weighted by Crippen LogP contribution is 2.59. The summed E-state index contributed by atoms with van der Waals surface area (Å²) in [5.74, 6) is -62.3. The molecule has 47 heavy (non-hydrogen) atoms. The van der Waals surface area contributed by atoms with Crippen molar-refractivity contribution in [3.63, 3.8) is 0 Å². The molecule has 280 valence electrons. The molecule has 0 aliphatic rings. The molecule has 0 aliphatic heterocycles. The third kappa shape index (κ3) is 8.84. The predicted octanol–water partition coefficient (Wildman–Crippen LogP) is 7.59. The van der Waals surface area contributed by atoms with Crippen LogP contribution in [0, 0.1) is 0 Å². The lowest BCUT2D eigenvalue weighted by Gasteiger charge is -2.39. The molecule has 1 unspecified atom stereocenters. The van der Waals surface area contributed by atoms with Crippen LogP contribution < -0.4 is 0 Å². The highest BCUT2D eigenvalue weighted by molar-refractivity contribution is 7.95. The van der Waals surface area contributed by atoms with Crippen LogP contribution in [0.2, 0.25) is 0 Å². The second kappa shape index (κ2) is 14.7. The molecule has 0 aromatic rings. The highest BCUT2D eigenvalue weighted by atomic mass is 32.2. The fraction of sp³-hybridized carbons (Fsp3) is 0.889. The quantitative estimate of drug-likeness (QED) is 0.0473. The lowest BCUT2D eigenvalue weighted by Crippen LogP contribution is -2.68. The average Bonchev–Trinajstić information content (AvgIpc) is 2.89. The molecule has 0 fully saturated rings. The number of alkyl halides is 21. The van der Waals surface area contributed by atoms with Gasteiger partial charge < -0.3 is 9.47 Å². The maximum atomic E-state index is 13.7. The zero-order chi connectivity index (χ0) is 37.9. The van der Waals surface area contributed by atoms with Crippen LogP contribution in [0.1, 0.15) is 19.3 Å². The zero-order valence-electron chi connectivity index (χ0n) is 21.4. The molecule has 0 spiro atoms. The predicted molar refractivity (Wildman–Crippen MR) is 104 cm³/mol. The van der Waals surface area contributed by atoms with Gasteiger partial charge in [0.1, 0.15) is 5.25 Å². The van der Waals surface area contributed by atoms with Gasteiger partial charge in [-0.25, -0.2) is 14.0 Å². The van der Waals surface area contributed by atoms with Gasteiger partial charge in [-0.05, 0) is 0 Å². The molecule has 0 bridgehead atoms. The van der Waals surface area contributed by atoms with Crippen molar-refractivity contribution in [1.29, 1.82) is 0 Å². The molecule has 0 rings (SSSR count). The first-order chi connectivity index (χ1) is 20.6. The number of carbonyl (C=O) groups excluding carboxylic acids is 2. The Morgan fingerprint density at radius 2 is 1.00 bits per heavy atom. The molecule has 0 aromatic carbocycles. The van der Waals surface area contributed by atoms with Crippen LogP contribution in [0.15, 0.2) is 0 Å². The molecule has 0 aromatic heterocycles. The van der Waals surface area contributed by atoms with Crippen molar-refractivity contribution in [2.45, 2.75) is 84.5 Å². The van der Waals surface area contributed by atoms with Crippen molar-refractivity contribution in [3.8, 4) is 0 Å². The van der Waals surface area contributed by atoms with E-state index in [0.717, 1.165) is 0 Å². The first-order valence-electron chi connectivity index (χ1n) is 11.0. The molecule has 0 saturated heterocycles. The topological polar surface area (TPSA) is 91.3 Å². The largest absolute Gasteiger partial charge is 0.465 e. The summed E-state index contributed by atoms with van der Waals surface area (Å²) in [4.78, 5) is 23.6. The summed E-state index contributed by atoms with van der Waals surface area (Å²) in [6.45, 7) is -4.43. The van der Waals surface area contributed by atoms with Crippen molar-refractivity contribution in [2.24, 2.45) is 0 Å². The Morgan fingerprint density at radius 3 is 1.38 bits per heavy atom. The molecular weight excluding hydrogens is 759 g/mol. The standard InChI is InChI=1S/C18H13F21O7S/c19-9(20)12(25,26)15(31,32)16(33,34)13(27,28)10(21,22)1-3-43-7(40)5-6(47-46-45-42)8(41)44-4-2-11(23,24)14(29,30)17(35,36)18(37,38)39/h6,9,42H,1-5H2. The maximum Gasteiger partial charge on any atom is 0.460 e. The number of carbonyl (C=O) groups is 2. The van der Waals surface area contributed by atoms with E-state index in [1.165, 1.54) is 0 Å². The minimum atomic E-state index is -7.91. The van der Waals surface area contributed by atoms with E-state index >= 15 is 0 Å². The molecule has 0 heterocycles. The van der Waals surface area contributed by atoms with E-state index in [-0.39, 0.29) is 0 Å². The number of rotatable bonds is 19. The zero-order valence-corrected chi connectivity index (χ0v) is 22.2. The Kier molecular flexibility index (Phi) is 14.0. The van der Waals surface area contributed by atoms with E-state index in [1.54, 1.807) is 0 Å². The number of ether oxygens (including phenoxy) is 2. The fourth-order valence-corrected chi connectivity index (χ4v) is 3.07. The number of hydrogen-bond donors (Lipinski definition) is 1. The molecule has 0 radical (unpaired) electrons. The van der Waals surface area contributed by atoms with E-state index in [1.807, 2.05) is 0 Å². The maximum absolute atomic E-state index is 13.7. The average molecular weight is 772 g/mol. The van der Waals surface area contributed by atoms with Gasteiger partial charge in [0.25, 0.3) is 0 Å². The smallest absolute Gasteiger partial charge is 0.460 e. The molecular formula is C18H13F21O7S. The second-order valence-electron chi connectivity index (χ2n) is 8.52. The van der Waals surface area contributed by atoms with E-state index in [2.05, 4.69) is 18.8 Å². The SMILES string of the molecule is O=C(CC(SOOO)C(=O)OCCC(F)(F)C(F)(F)C(F)(F)C(F)(F)F)OCCC(F)(F)C(F)(F)C(F)(F)C(F)(F)C(F)(F)C(F)F. The van der Waals surface area contributed by atoms with Gasteiger partial charge in [0, 0.05) is 0 Å². The van der Waals surface area contributed by atoms with Gasteiger partial charge in [0.2, 0.25) is 0 Å². The number of hydrogen-bond acceptors (Lipinski definition) is 8. The summed E-state index contributed by atoms with van der Waals surface area (Å²) >= 11 is -0.652. The van der Waals surface area contributed by atoms with E-state index in [0.29, 0.717) is 0 Å². The summed E-state index contributed by atoms with van der Waals surface area (Å²) in [6, 6.07) is 0. The molecule has 0 amide bonds. The Balaban J connectivity index is 5.55. The lowest BCUT2D eigenvalue weighted by atomic mass is 9.93. The van der Waals surface area contributed by atoms with Crippen LogP contribution in [-0.4, -0.2) is 95.6 Å². The second-order valence-corrected chi connectivity index (χ2v) is 9.42. The fourth-order valence-electron chi connectivity index (χ4n) is 2.59. The van der Waals surface area contributed by atoms with Gasteiger partial charge >= 0.3 is 71.9 Å². The van der Waals surface area contributed by atoms with Crippen LogP contribution in [0.5, 0.6) is 0 Å². The molecule has 0 saturated carbocycles. The van der Waals surface area contributed by atoms with Crippen molar-refractivity contribution in [2.75, 3.05) is 13.2 Å². The van der Waals surface area contributed by atoms with Crippen molar-refractivity contribution < 1.29 is 126 Å². The Hall–Kier alpha value is -2.30. The highest BCUT2D eigenvalue weighted by Gasteiger charge is 2.87.